The number of nitrogens with zero attached hydrogens (tertiary/aromatic N) is 1. The van der Waals surface area contributed by atoms with E-state index >= 15 is 0 Å². The predicted octanol–water partition coefficient (Wildman–Crippen LogP) is 2.76. The fourth-order valence-corrected chi connectivity index (χ4v) is 2.90. The van der Waals surface area contributed by atoms with Crippen molar-refractivity contribution in [3.05, 3.63) is 0 Å². The molecule has 1 aliphatic heterocycles. The normalized spacial score (nSPS) is 26.2. The summed E-state index contributed by atoms with van der Waals surface area (Å²) in [6.45, 7) is 12.9. The minimum Gasteiger partial charge on any atom is -0.396 e. The van der Waals surface area contributed by atoms with E-state index in [1.807, 2.05) is 0 Å². The van der Waals surface area contributed by atoms with Crippen molar-refractivity contribution < 1.29 is 5.11 Å². The minimum atomic E-state index is 0.112. The van der Waals surface area contributed by atoms with E-state index in [1.165, 1.54) is 25.9 Å². The molecule has 0 spiro atoms. The highest BCUT2D eigenvalue weighted by Crippen LogP contribution is 2.29. The van der Waals surface area contributed by atoms with Gasteiger partial charge in [0.05, 0.1) is 0 Å². The van der Waals surface area contributed by atoms with Gasteiger partial charge in [-0.05, 0) is 31.2 Å². The number of likely N-dealkylation sites (tertiary alicyclic amines) is 1. The Bertz CT molecular complexity index is 205. The summed E-state index contributed by atoms with van der Waals surface area (Å²) < 4.78 is 0. The van der Waals surface area contributed by atoms with Crippen molar-refractivity contribution in [1.82, 2.24) is 4.90 Å². The molecule has 1 rings (SSSR count). The standard InChI is InChI=1S/C14H29NO/c1-5-7-14(4,11-16)10-15-8-6-13(9-15)12(2)3/h12-13,16H,5-11H2,1-4H3. The largest absolute Gasteiger partial charge is 0.396 e. The van der Waals surface area contributed by atoms with Gasteiger partial charge in [-0.15, -0.1) is 0 Å². The van der Waals surface area contributed by atoms with Crippen LogP contribution in [-0.4, -0.2) is 36.2 Å². The summed E-state index contributed by atoms with van der Waals surface area (Å²) in [6.07, 6.45) is 3.64. The summed E-state index contributed by atoms with van der Waals surface area (Å²) in [5, 5.41) is 9.53. The number of hydrogen-bond acceptors (Lipinski definition) is 2. The average molecular weight is 227 g/mol. The van der Waals surface area contributed by atoms with Crippen molar-refractivity contribution in [2.75, 3.05) is 26.2 Å². The first-order chi connectivity index (χ1) is 7.50. The molecular weight excluding hydrogens is 198 g/mol. The Balaban J connectivity index is 2.42. The van der Waals surface area contributed by atoms with Crippen LogP contribution in [0.1, 0.15) is 47.0 Å². The van der Waals surface area contributed by atoms with Gasteiger partial charge in [0.25, 0.3) is 0 Å². The smallest absolute Gasteiger partial charge is 0.0497 e. The second-order valence-corrected chi connectivity index (χ2v) is 6.25. The van der Waals surface area contributed by atoms with Crippen molar-refractivity contribution in [2.24, 2.45) is 17.3 Å². The first-order valence-corrected chi connectivity index (χ1v) is 6.84. The van der Waals surface area contributed by atoms with Crippen LogP contribution in [0, 0.1) is 17.3 Å². The molecule has 0 aromatic heterocycles. The highest BCUT2D eigenvalue weighted by molar-refractivity contribution is 4.83. The molecule has 2 nitrogen and oxygen atoms in total. The van der Waals surface area contributed by atoms with Gasteiger partial charge in [0.15, 0.2) is 0 Å². The molecule has 0 radical (unpaired) electrons. The van der Waals surface area contributed by atoms with Crippen LogP contribution in [0.4, 0.5) is 0 Å². The van der Waals surface area contributed by atoms with Crippen LogP contribution in [0.2, 0.25) is 0 Å². The Kier molecular flexibility index (Phi) is 5.26. The summed E-state index contributed by atoms with van der Waals surface area (Å²) in [6, 6.07) is 0. The van der Waals surface area contributed by atoms with Gasteiger partial charge in [0.1, 0.15) is 0 Å². The lowest BCUT2D eigenvalue weighted by molar-refractivity contribution is 0.0873. The SMILES string of the molecule is CCCC(C)(CO)CN1CCC(C(C)C)C1. The first kappa shape index (κ1) is 14.0. The molecule has 0 aromatic rings. The van der Waals surface area contributed by atoms with E-state index in [1.54, 1.807) is 0 Å². The lowest BCUT2D eigenvalue weighted by Crippen LogP contribution is -2.37. The summed E-state index contributed by atoms with van der Waals surface area (Å²) in [5.41, 5.74) is 0.112. The van der Waals surface area contributed by atoms with Crippen molar-refractivity contribution in [2.45, 2.75) is 47.0 Å². The van der Waals surface area contributed by atoms with Gasteiger partial charge in [-0.1, -0.05) is 34.1 Å². The Hall–Kier alpha value is -0.0800. The summed E-state index contributed by atoms with van der Waals surface area (Å²) in [7, 11) is 0. The van der Waals surface area contributed by atoms with Crippen molar-refractivity contribution in [3.63, 3.8) is 0 Å². The van der Waals surface area contributed by atoms with E-state index in [4.69, 9.17) is 0 Å². The van der Waals surface area contributed by atoms with Crippen LogP contribution in [0.3, 0.4) is 0 Å². The lowest BCUT2D eigenvalue weighted by Gasteiger charge is -2.32. The topological polar surface area (TPSA) is 23.5 Å². The van der Waals surface area contributed by atoms with Crippen molar-refractivity contribution in [3.8, 4) is 0 Å². The Morgan fingerprint density at radius 2 is 2.12 bits per heavy atom. The Morgan fingerprint density at radius 3 is 2.56 bits per heavy atom. The molecule has 2 heteroatoms. The molecule has 2 unspecified atom stereocenters. The monoisotopic (exact) mass is 227 g/mol. The summed E-state index contributed by atoms with van der Waals surface area (Å²) >= 11 is 0. The minimum absolute atomic E-state index is 0.112. The van der Waals surface area contributed by atoms with Gasteiger partial charge in [-0.2, -0.15) is 0 Å². The average Bonchev–Trinajstić information content (AvgIpc) is 2.66. The molecular formula is C14H29NO. The maximum Gasteiger partial charge on any atom is 0.0497 e. The number of aliphatic hydroxyl groups excluding tert-OH is 1. The highest BCUT2D eigenvalue weighted by Gasteiger charge is 2.31. The zero-order valence-corrected chi connectivity index (χ0v) is 11.5. The third-order valence-electron chi connectivity index (χ3n) is 4.09. The van der Waals surface area contributed by atoms with E-state index in [9.17, 15) is 5.11 Å². The third-order valence-corrected chi connectivity index (χ3v) is 4.09. The fraction of sp³-hybridized carbons (Fsp3) is 1.00. The van der Waals surface area contributed by atoms with Crippen LogP contribution in [0.15, 0.2) is 0 Å². The molecule has 2 atom stereocenters. The summed E-state index contributed by atoms with van der Waals surface area (Å²) in [5.74, 6) is 1.67. The molecule has 1 saturated heterocycles. The lowest BCUT2D eigenvalue weighted by atomic mass is 9.86. The Morgan fingerprint density at radius 1 is 1.44 bits per heavy atom. The van der Waals surface area contributed by atoms with Gasteiger partial charge < -0.3 is 10.0 Å². The van der Waals surface area contributed by atoms with Gasteiger partial charge in [0, 0.05) is 25.1 Å². The molecule has 1 heterocycles. The molecule has 0 amide bonds. The van der Waals surface area contributed by atoms with Crippen molar-refractivity contribution >= 4 is 0 Å². The quantitative estimate of drug-likeness (QED) is 0.754. The van der Waals surface area contributed by atoms with Gasteiger partial charge >= 0.3 is 0 Å². The van der Waals surface area contributed by atoms with Crippen LogP contribution < -0.4 is 0 Å². The molecule has 1 fully saturated rings. The third kappa shape index (κ3) is 3.74. The van der Waals surface area contributed by atoms with E-state index in [0.29, 0.717) is 6.61 Å². The van der Waals surface area contributed by atoms with Gasteiger partial charge in [-0.25, -0.2) is 0 Å². The van der Waals surface area contributed by atoms with Crippen LogP contribution in [0.5, 0.6) is 0 Å². The van der Waals surface area contributed by atoms with E-state index in [-0.39, 0.29) is 5.41 Å². The molecule has 0 saturated carbocycles. The number of hydrogen-bond donors (Lipinski definition) is 1. The van der Waals surface area contributed by atoms with E-state index in [2.05, 4.69) is 32.6 Å². The van der Waals surface area contributed by atoms with E-state index in [0.717, 1.165) is 24.8 Å². The van der Waals surface area contributed by atoms with Gasteiger partial charge in [0.2, 0.25) is 0 Å². The maximum absolute atomic E-state index is 9.53. The molecule has 1 aliphatic rings. The van der Waals surface area contributed by atoms with E-state index < -0.39 is 0 Å². The second-order valence-electron chi connectivity index (χ2n) is 6.25. The van der Waals surface area contributed by atoms with Crippen LogP contribution >= 0.6 is 0 Å². The zero-order chi connectivity index (χ0) is 12.2. The van der Waals surface area contributed by atoms with Crippen molar-refractivity contribution in [1.29, 1.82) is 0 Å². The first-order valence-electron chi connectivity index (χ1n) is 6.84. The molecule has 0 bridgehead atoms. The molecule has 96 valence electrons. The highest BCUT2D eigenvalue weighted by atomic mass is 16.3. The molecule has 0 aromatic carbocycles. The molecule has 0 aliphatic carbocycles. The Labute approximate surface area is 101 Å². The van der Waals surface area contributed by atoms with Crippen LogP contribution in [0.25, 0.3) is 0 Å². The molecule has 16 heavy (non-hydrogen) atoms. The second kappa shape index (κ2) is 6.02. The zero-order valence-electron chi connectivity index (χ0n) is 11.5. The predicted molar refractivity (Wildman–Crippen MR) is 69.5 cm³/mol. The number of rotatable bonds is 6. The van der Waals surface area contributed by atoms with Crippen LogP contribution in [-0.2, 0) is 0 Å². The van der Waals surface area contributed by atoms with Gasteiger partial charge in [-0.3, -0.25) is 0 Å². The fourth-order valence-electron chi connectivity index (χ4n) is 2.90. The maximum atomic E-state index is 9.53. The molecule has 1 N–H and O–H groups in total. The summed E-state index contributed by atoms with van der Waals surface area (Å²) in [4.78, 5) is 2.55. The number of aliphatic hydroxyl groups is 1.